The summed E-state index contributed by atoms with van der Waals surface area (Å²) in [7, 11) is 1.45. The van der Waals surface area contributed by atoms with Gasteiger partial charge in [-0.2, -0.15) is 0 Å². The number of unbranched alkanes of at least 4 members (excludes halogenated alkanes) is 34. The third-order valence-corrected chi connectivity index (χ3v) is 16.5. The molecule has 9 nitrogen and oxygen atoms in total. The quantitative estimate of drug-likeness (QED) is 0.0205. The number of phosphoric acid groups is 1. The zero-order chi connectivity index (χ0) is 62.1. The average molecular weight is 1210 g/mol. The van der Waals surface area contributed by atoms with Crippen LogP contribution in [0.15, 0.2) is 97.2 Å². The summed E-state index contributed by atoms with van der Waals surface area (Å²) in [6, 6.07) is -0.894. The van der Waals surface area contributed by atoms with Crippen molar-refractivity contribution in [3.63, 3.8) is 0 Å². The molecule has 0 saturated carbocycles. The maximum absolute atomic E-state index is 13.6. The van der Waals surface area contributed by atoms with Crippen molar-refractivity contribution < 1.29 is 37.3 Å². The molecule has 10 heteroatoms. The number of phosphoric ester groups is 1. The van der Waals surface area contributed by atoms with Crippen LogP contribution in [0.5, 0.6) is 0 Å². The second kappa shape index (κ2) is 63.9. The second-order valence-electron chi connectivity index (χ2n) is 25.0. The summed E-state index contributed by atoms with van der Waals surface area (Å²) in [6.45, 7) is 6.86. The van der Waals surface area contributed by atoms with Gasteiger partial charge in [0.25, 0.3) is 0 Å². The highest BCUT2D eigenvalue weighted by Crippen LogP contribution is 2.43. The molecule has 3 unspecified atom stereocenters. The molecule has 0 bridgehead atoms. The number of amides is 1. The van der Waals surface area contributed by atoms with Crippen molar-refractivity contribution in [2.45, 2.75) is 328 Å². The van der Waals surface area contributed by atoms with E-state index in [0.29, 0.717) is 17.4 Å². The predicted molar refractivity (Wildman–Crippen MR) is 369 cm³/mol. The molecule has 0 rings (SSSR count). The van der Waals surface area contributed by atoms with E-state index in [0.717, 1.165) is 77.0 Å². The third kappa shape index (κ3) is 65.2. The van der Waals surface area contributed by atoms with E-state index >= 15 is 0 Å². The van der Waals surface area contributed by atoms with Gasteiger partial charge in [0.15, 0.2) is 0 Å². The summed E-state index contributed by atoms with van der Waals surface area (Å²) in [5.41, 5.74) is 0. The molecular formula is C75H136N2O7P+. The Labute approximate surface area is 526 Å². The summed E-state index contributed by atoms with van der Waals surface area (Å²) < 4.78 is 30.8. The summed E-state index contributed by atoms with van der Waals surface area (Å²) in [5.74, 6) is -0.596. The largest absolute Gasteiger partial charge is 0.472 e. The highest BCUT2D eigenvalue weighted by molar-refractivity contribution is 7.47. The minimum absolute atomic E-state index is 0.0238. The molecule has 0 fully saturated rings. The molecule has 85 heavy (non-hydrogen) atoms. The number of carbonyl (C=O) groups is 2. The Morgan fingerprint density at radius 3 is 1.15 bits per heavy atom. The van der Waals surface area contributed by atoms with Crippen LogP contribution < -0.4 is 5.32 Å². The lowest BCUT2D eigenvalue weighted by molar-refractivity contribution is -0.870. The summed E-state index contributed by atoms with van der Waals surface area (Å²) in [6.07, 6.45) is 87.4. The number of hydrogen-bond donors (Lipinski definition) is 2. The van der Waals surface area contributed by atoms with E-state index in [2.05, 4.69) is 105 Å². The van der Waals surface area contributed by atoms with E-state index in [1.807, 2.05) is 39.4 Å². The van der Waals surface area contributed by atoms with E-state index in [-0.39, 0.29) is 37.9 Å². The van der Waals surface area contributed by atoms with Crippen LogP contribution in [-0.2, 0) is 27.9 Å². The van der Waals surface area contributed by atoms with Crippen molar-refractivity contribution in [2.24, 2.45) is 0 Å². The van der Waals surface area contributed by atoms with Gasteiger partial charge in [-0.3, -0.25) is 18.6 Å². The highest BCUT2D eigenvalue weighted by atomic mass is 31.2. The topological polar surface area (TPSA) is 111 Å². The Morgan fingerprint density at radius 2 is 0.765 bits per heavy atom. The molecule has 0 aliphatic carbocycles. The number of nitrogens with zero attached hydrogens (tertiary/aromatic N) is 1. The number of allylic oxidation sites excluding steroid dienone is 15. The predicted octanol–water partition coefficient (Wildman–Crippen LogP) is 22.7. The van der Waals surface area contributed by atoms with Crippen LogP contribution in [0.4, 0.5) is 0 Å². The molecule has 0 aromatic heterocycles. The number of nitrogens with one attached hydrogen (secondary N) is 1. The van der Waals surface area contributed by atoms with Crippen LogP contribution in [0.25, 0.3) is 0 Å². The van der Waals surface area contributed by atoms with E-state index in [1.54, 1.807) is 0 Å². The lowest BCUT2D eigenvalue weighted by Crippen LogP contribution is -2.47. The number of carbonyl (C=O) groups excluding carboxylic acids is 2. The van der Waals surface area contributed by atoms with Crippen molar-refractivity contribution >= 4 is 19.7 Å². The first-order valence-corrected chi connectivity index (χ1v) is 37.1. The number of rotatable bonds is 64. The Morgan fingerprint density at radius 1 is 0.424 bits per heavy atom. The van der Waals surface area contributed by atoms with Gasteiger partial charge in [-0.25, -0.2) is 4.57 Å². The van der Waals surface area contributed by atoms with Crippen LogP contribution in [0.2, 0.25) is 0 Å². The van der Waals surface area contributed by atoms with Gasteiger partial charge in [0.05, 0.1) is 33.8 Å². The van der Waals surface area contributed by atoms with Gasteiger partial charge >= 0.3 is 13.8 Å². The summed E-state index contributed by atoms with van der Waals surface area (Å²) in [5, 5.41) is 3.02. The fourth-order valence-electron chi connectivity index (χ4n) is 10.1. The van der Waals surface area contributed by atoms with Crippen LogP contribution in [0, 0.1) is 0 Å². The van der Waals surface area contributed by atoms with Gasteiger partial charge < -0.3 is 19.4 Å². The van der Waals surface area contributed by atoms with Crippen LogP contribution in [0.3, 0.4) is 0 Å². The molecule has 0 saturated heterocycles. The number of quaternary nitrogens is 1. The van der Waals surface area contributed by atoms with Gasteiger partial charge in [0.1, 0.15) is 19.3 Å². The minimum atomic E-state index is -4.48. The minimum Gasteiger partial charge on any atom is -0.456 e. The van der Waals surface area contributed by atoms with Crippen molar-refractivity contribution in [2.75, 3.05) is 40.9 Å². The van der Waals surface area contributed by atoms with Crippen LogP contribution >= 0.6 is 7.82 Å². The first-order valence-electron chi connectivity index (χ1n) is 35.6. The monoisotopic (exact) mass is 1210 g/mol. The van der Waals surface area contributed by atoms with E-state index < -0.39 is 20.0 Å². The van der Waals surface area contributed by atoms with E-state index in [9.17, 15) is 19.0 Å². The third-order valence-electron chi connectivity index (χ3n) is 15.5. The van der Waals surface area contributed by atoms with Crippen molar-refractivity contribution in [1.29, 1.82) is 0 Å². The fraction of sp³-hybridized carbons (Fsp3) is 0.760. The van der Waals surface area contributed by atoms with Gasteiger partial charge in [-0.15, -0.1) is 0 Å². The first kappa shape index (κ1) is 81.9. The SMILES string of the molecule is CC/C=C\C/C=C\C/C=C\C/C=C\C/C=C\C/C=C\CCC(=O)NC(COP(=O)(O)OCC[N+](C)(C)C)C(/C=C\CCCCCCCCCCCCC)OC(=O)CCCCCCCCCCCCCCCCCCC/C=C/CCCCCCCC. The smallest absolute Gasteiger partial charge is 0.456 e. The average Bonchev–Trinajstić information content (AvgIpc) is 3.50. The number of esters is 1. The Balaban J connectivity index is 5.14. The lowest BCUT2D eigenvalue weighted by atomic mass is 10.0. The number of ether oxygens (including phenoxy) is 1. The van der Waals surface area contributed by atoms with Gasteiger partial charge in [-0.1, -0.05) is 305 Å². The normalized spacial score (nSPS) is 14.1. The summed E-state index contributed by atoms with van der Waals surface area (Å²) >= 11 is 0. The maximum Gasteiger partial charge on any atom is 0.472 e. The molecule has 3 atom stereocenters. The van der Waals surface area contributed by atoms with Gasteiger partial charge in [0.2, 0.25) is 5.91 Å². The lowest BCUT2D eigenvalue weighted by Gasteiger charge is -2.27. The molecule has 2 N–H and O–H groups in total. The van der Waals surface area contributed by atoms with E-state index in [1.165, 1.54) is 199 Å². The van der Waals surface area contributed by atoms with Crippen molar-refractivity contribution in [3.8, 4) is 0 Å². The molecule has 0 aliphatic rings. The van der Waals surface area contributed by atoms with E-state index in [4.69, 9.17) is 13.8 Å². The zero-order valence-electron chi connectivity index (χ0n) is 56.3. The molecule has 0 radical (unpaired) electrons. The fourth-order valence-corrected chi connectivity index (χ4v) is 10.8. The molecule has 492 valence electrons. The van der Waals surface area contributed by atoms with Crippen molar-refractivity contribution in [3.05, 3.63) is 97.2 Å². The summed E-state index contributed by atoms with van der Waals surface area (Å²) in [4.78, 5) is 37.8. The standard InChI is InChI=1S/C75H135N2O7P/c1-7-10-13-16-19-22-25-28-30-32-34-35-36-37-38-39-40-41-43-45-47-50-53-56-59-62-65-68-75(79)84-73(66-63-60-57-54-51-48-27-24-21-18-15-12-9-3)72(71-83-85(80,81)82-70-69-77(4,5)6)76-74(78)67-64-61-58-55-52-49-46-44-42-33-31-29-26-23-20-17-14-11-8-2/h11,14,20,23,28-31,42,44,49,52,58,61,63,66,72-73H,7-10,12-13,15-19,21-22,24-27,32-41,43,45-48,50-51,53-57,59-60,62,64-65,67-71H2,1-6H3,(H-,76,78,80,81)/p+1/b14-11-,23-20-,30-28+,31-29-,44-42-,52-49-,61-58-,66-63-. The van der Waals surface area contributed by atoms with Crippen LogP contribution in [-0.4, -0.2) is 74.3 Å². The second-order valence-corrected chi connectivity index (χ2v) is 26.5. The maximum atomic E-state index is 13.6. The molecule has 0 heterocycles. The molecule has 1 amide bonds. The first-order chi connectivity index (χ1) is 41.4. The van der Waals surface area contributed by atoms with Gasteiger partial charge in [-0.05, 0) is 96.0 Å². The number of hydrogen-bond acceptors (Lipinski definition) is 6. The number of likely N-dealkylation sites (N-methyl/N-ethyl adjacent to an activating group) is 1. The highest BCUT2D eigenvalue weighted by Gasteiger charge is 2.30. The Bertz CT molecular complexity index is 1780. The van der Waals surface area contributed by atoms with Gasteiger partial charge in [0, 0.05) is 12.8 Å². The Kier molecular flexibility index (Phi) is 61.6. The van der Waals surface area contributed by atoms with Crippen molar-refractivity contribution in [1.82, 2.24) is 5.32 Å². The molecule has 0 aliphatic heterocycles. The molecular weight excluding hydrogens is 1070 g/mol. The molecule has 0 aromatic carbocycles. The Hall–Kier alpha value is -3.07. The zero-order valence-corrected chi connectivity index (χ0v) is 57.2. The van der Waals surface area contributed by atoms with Crippen LogP contribution in [0.1, 0.15) is 316 Å². The molecule has 0 spiro atoms. The molecule has 0 aromatic rings.